The number of hydrogen-bond acceptors (Lipinski definition) is 8. The van der Waals surface area contributed by atoms with Gasteiger partial charge in [0.1, 0.15) is 24.4 Å². The number of ether oxygens (including phenoxy) is 2. The van der Waals surface area contributed by atoms with Gasteiger partial charge in [-0.25, -0.2) is 0 Å². The second-order valence-corrected chi connectivity index (χ2v) is 6.07. The molecule has 28 heavy (non-hydrogen) atoms. The van der Waals surface area contributed by atoms with E-state index >= 15 is 0 Å². The van der Waals surface area contributed by atoms with E-state index in [2.05, 4.69) is 23.7 Å². The normalized spacial score (nSPS) is 28.6. The maximum Gasteiger partial charge on any atom is 0.187 e. The quantitative estimate of drug-likeness (QED) is 0.203. The average Bonchev–Trinajstić information content (AvgIpc) is 2.70. The Morgan fingerprint density at radius 2 is 1.64 bits per heavy atom. The Morgan fingerprint density at radius 1 is 0.929 bits per heavy atom. The van der Waals surface area contributed by atoms with Crippen LogP contribution in [0, 0.1) is 23.7 Å². The van der Waals surface area contributed by atoms with Crippen molar-refractivity contribution < 1.29 is 40.1 Å². The molecule has 0 radical (unpaired) electrons. The van der Waals surface area contributed by atoms with Crippen LogP contribution < -0.4 is 0 Å². The fourth-order valence-corrected chi connectivity index (χ4v) is 2.44. The predicted molar refractivity (Wildman–Crippen MR) is 100 cm³/mol. The van der Waals surface area contributed by atoms with Crippen molar-refractivity contribution >= 4 is 0 Å². The number of allylic oxidation sites excluding steroid dienone is 2. The van der Waals surface area contributed by atoms with Gasteiger partial charge in [-0.1, -0.05) is 17.9 Å². The summed E-state index contributed by atoms with van der Waals surface area (Å²) in [5, 5.41) is 56.5. The Balaban J connectivity index is 2.74. The molecule has 1 fully saturated rings. The van der Waals surface area contributed by atoms with E-state index in [0.29, 0.717) is 19.3 Å². The van der Waals surface area contributed by atoms with E-state index < -0.39 is 43.4 Å². The van der Waals surface area contributed by atoms with Crippen molar-refractivity contribution in [2.24, 2.45) is 0 Å². The van der Waals surface area contributed by atoms with Gasteiger partial charge in [-0.3, -0.25) is 0 Å². The lowest BCUT2D eigenvalue weighted by atomic mass is 9.99. The molecule has 1 saturated heterocycles. The summed E-state index contributed by atoms with van der Waals surface area (Å²) in [5.41, 5.74) is 0. The zero-order valence-corrected chi connectivity index (χ0v) is 15.5. The van der Waals surface area contributed by atoms with Crippen LogP contribution in [0.4, 0.5) is 0 Å². The minimum absolute atomic E-state index is 0.0350. The van der Waals surface area contributed by atoms with Gasteiger partial charge in [0.15, 0.2) is 6.29 Å². The summed E-state index contributed by atoms with van der Waals surface area (Å²) in [7, 11) is 0. The van der Waals surface area contributed by atoms with Gasteiger partial charge in [0.05, 0.1) is 19.3 Å². The Morgan fingerprint density at radius 3 is 2.29 bits per heavy atom. The van der Waals surface area contributed by atoms with Gasteiger partial charge in [0.25, 0.3) is 0 Å². The second kappa shape index (κ2) is 14.3. The molecule has 6 atom stereocenters. The number of unbranched alkanes of at least 4 members (excludes halogenated alkanes) is 1. The first kappa shape index (κ1) is 24.3. The summed E-state index contributed by atoms with van der Waals surface area (Å²) in [6.07, 6.45) is 0.558. The zero-order chi connectivity index (χ0) is 20.8. The topological polar surface area (TPSA) is 140 Å². The fourth-order valence-electron chi connectivity index (χ4n) is 2.44. The molecule has 156 valence electrons. The molecule has 1 rings (SSSR count). The number of aliphatic hydroxyl groups is 6. The fraction of sp³-hybridized carbons (Fsp3) is 0.600. The van der Waals surface area contributed by atoms with Gasteiger partial charge in [0, 0.05) is 6.61 Å². The summed E-state index contributed by atoms with van der Waals surface area (Å²) in [5.74, 6) is 10.5. The molecule has 6 N–H and O–H groups in total. The predicted octanol–water partition coefficient (Wildman–Crippen LogP) is -1.55. The third kappa shape index (κ3) is 8.53. The van der Waals surface area contributed by atoms with Crippen LogP contribution >= 0.6 is 0 Å². The largest absolute Gasteiger partial charge is 0.396 e. The van der Waals surface area contributed by atoms with Crippen LogP contribution in [-0.2, 0) is 9.47 Å². The van der Waals surface area contributed by atoms with Gasteiger partial charge in [-0.15, -0.1) is 0 Å². The molecular weight excluding hydrogens is 368 g/mol. The monoisotopic (exact) mass is 396 g/mol. The van der Waals surface area contributed by atoms with Crippen molar-refractivity contribution in [2.75, 3.05) is 19.8 Å². The van der Waals surface area contributed by atoms with Crippen LogP contribution in [0.1, 0.15) is 19.3 Å². The van der Waals surface area contributed by atoms with E-state index in [9.17, 15) is 20.4 Å². The van der Waals surface area contributed by atoms with Gasteiger partial charge in [0.2, 0.25) is 0 Å². The molecule has 0 spiro atoms. The van der Waals surface area contributed by atoms with Crippen LogP contribution in [0.3, 0.4) is 0 Å². The van der Waals surface area contributed by atoms with Crippen molar-refractivity contribution in [3.63, 3.8) is 0 Å². The SMILES string of the molecule is OC/C=C/C#CC#C/C=C/[C@@H](CCCCO)O[C@@H]1O[C@H](CO)[C@@H](O)[C@H](O)[C@H]1O. The first-order valence-corrected chi connectivity index (χ1v) is 9.05. The highest BCUT2D eigenvalue weighted by molar-refractivity contribution is 5.34. The average molecular weight is 396 g/mol. The first-order valence-electron chi connectivity index (χ1n) is 9.05. The Hall–Kier alpha value is -1.72. The molecule has 0 aromatic heterocycles. The summed E-state index contributed by atoms with van der Waals surface area (Å²) < 4.78 is 11.0. The van der Waals surface area contributed by atoms with Crippen molar-refractivity contribution in [2.45, 2.75) is 56.1 Å². The molecule has 0 aromatic carbocycles. The lowest BCUT2D eigenvalue weighted by Crippen LogP contribution is -2.59. The lowest BCUT2D eigenvalue weighted by molar-refractivity contribution is -0.307. The van der Waals surface area contributed by atoms with E-state index in [1.54, 1.807) is 6.08 Å². The highest BCUT2D eigenvalue weighted by atomic mass is 16.7. The molecule has 0 aliphatic carbocycles. The van der Waals surface area contributed by atoms with Crippen molar-refractivity contribution in [3.05, 3.63) is 24.3 Å². The van der Waals surface area contributed by atoms with E-state index in [4.69, 9.17) is 19.7 Å². The molecule has 0 bridgehead atoms. The number of rotatable bonds is 9. The standard InChI is InChI=1S/C20H28O8/c21-12-8-5-3-1-2-4-6-10-15(11-7-9-13-22)27-20-19(26)18(25)17(24)16(14-23)28-20/h5-6,8,10,15-26H,7,9,11-14H2/b8-5+,10-6+/t15-,16+,17+,18-,19+,20+/m0/s1. The van der Waals surface area contributed by atoms with Gasteiger partial charge >= 0.3 is 0 Å². The summed E-state index contributed by atoms with van der Waals surface area (Å²) >= 11 is 0. The van der Waals surface area contributed by atoms with E-state index in [0.717, 1.165) is 0 Å². The Labute approximate surface area is 164 Å². The van der Waals surface area contributed by atoms with Gasteiger partial charge in [-0.2, -0.15) is 0 Å². The van der Waals surface area contributed by atoms with Crippen molar-refractivity contribution in [3.8, 4) is 23.7 Å². The number of aliphatic hydroxyl groups excluding tert-OH is 6. The third-order valence-corrected chi connectivity index (χ3v) is 3.96. The third-order valence-electron chi connectivity index (χ3n) is 3.96. The Bertz CT molecular complexity index is 607. The van der Waals surface area contributed by atoms with Crippen LogP contribution in [0.25, 0.3) is 0 Å². The van der Waals surface area contributed by atoms with E-state index in [1.807, 2.05) is 0 Å². The highest BCUT2D eigenvalue weighted by Gasteiger charge is 2.44. The van der Waals surface area contributed by atoms with Crippen LogP contribution in [0.2, 0.25) is 0 Å². The minimum atomic E-state index is -1.51. The molecule has 0 aromatic rings. The maximum atomic E-state index is 10.1. The molecule has 1 aliphatic rings. The van der Waals surface area contributed by atoms with Crippen molar-refractivity contribution in [1.29, 1.82) is 0 Å². The van der Waals surface area contributed by atoms with Crippen LogP contribution in [0.15, 0.2) is 24.3 Å². The Kier molecular flexibility index (Phi) is 12.4. The molecule has 1 heterocycles. The van der Waals surface area contributed by atoms with Crippen LogP contribution in [0.5, 0.6) is 0 Å². The van der Waals surface area contributed by atoms with E-state index in [-0.39, 0.29) is 13.2 Å². The molecule has 8 nitrogen and oxygen atoms in total. The molecule has 1 aliphatic heterocycles. The molecule has 0 saturated carbocycles. The minimum Gasteiger partial charge on any atom is -0.396 e. The molecule has 0 amide bonds. The van der Waals surface area contributed by atoms with Crippen LogP contribution in [-0.4, -0.2) is 87.3 Å². The molecule has 0 unspecified atom stereocenters. The summed E-state index contributed by atoms with van der Waals surface area (Å²) in [6, 6.07) is 0. The summed E-state index contributed by atoms with van der Waals surface area (Å²) in [6.45, 7) is -0.593. The molecule has 8 heteroatoms. The lowest BCUT2D eigenvalue weighted by Gasteiger charge is -2.40. The summed E-state index contributed by atoms with van der Waals surface area (Å²) in [4.78, 5) is 0. The number of hydrogen-bond donors (Lipinski definition) is 6. The van der Waals surface area contributed by atoms with E-state index in [1.165, 1.54) is 18.2 Å². The second-order valence-electron chi connectivity index (χ2n) is 6.07. The first-order chi connectivity index (χ1) is 13.5. The van der Waals surface area contributed by atoms with Gasteiger partial charge < -0.3 is 40.1 Å². The van der Waals surface area contributed by atoms with Gasteiger partial charge in [-0.05, 0) is 49.3 Å². The van der Waals surface area contributed by atoms with Crippen molar-refractivity contribution in [1.82, 2.24) is 0 Å². The smallest absolute Gasteiger partial charge is 0.187 e. The zero-order valence-electron chi connectivity index (χ0n) is 15.5. The highest BCUT2D eigenvalue weighted by Crippen LogP contribution is 2.24. The molecular formula is C20H28O8. The maximum absolute atomic E-state index is 10.1.